The van der Waals surface area contributed by atoms with Crippen molar-refractivity contribution in [1.29, 1.82) is 0 Å². The van der Waals surface area contributed by atoms with Crippen molar-refractivity contribution in [3.8, 4) is 10.6 Å². The smallest absolute Gasteiger partial charge is 0.246 e. The minimum absolute atomic E-state index is 0.121. The zero-order valence-corrected chi connectivity index (χ0v) is 14.7. The maximum absolute atomic E-state index is 12.0. The van der Waals surface area contributed by atoms with E-state index in [9.17, 15) is 4.79 Å². The Hall–Kier alpha value is -2.19. The van der Waals surface area contributed by atoms with Gasteiger partial charge in [0.05, 0.1) is 24.4 Å². The Balaban J connectivity index is 1.52. The van der Waals surface area contributed by atoms with E-state index in [1.165, 1.54) is 11.3 Å². The zero-order chi connectivity index (χ0) is 16.8. The predicted molar refractivity (Wildman–Crippen MR) is 94.6 cm³/mol. The molecule has 3 rings (SSSR count). The molecule has 0 fully saturated rings. The number of thioether (sulfide) groups is 1. The van der Waals surface area contributed by atoms with Gasteiger partial charge in [0.25, 0.3) is 0 Å². The van der Waals surface area contributed by atoms with Crippen LogP contribution in [0.3, 0.4) is 0 Å². The Morgan fingerprint density at radius 3 is 2.92 bits per heavy atom. The predicted octanol–water partition coefficient (Wildman–Crippen LogP) is 2.92. The molecule has 3 aromatic rings. The Morgan fingerprint density at radius 2 is 2.12 bits per heavy atom. The maximum Gasteiger partial charge on any atom is 0.246 e. The summed E-state index contributed by atoms with van der Waals surface area (Å²) in [7, 11) is 0. The molecule has 1 N–H and O–H groups in total. The monoisotopic (exact) mass is 360 g/mol. The number of nitrogens with zero attached hydrogens (tertiary/aromatic N) is 3. The standard InChI is InChI=1S/C16H16N4O2S2/c1-23-10-13-19-15(22-20-13)8-17-14(21)7-12-9-24-16(18-12)11-5-3-2-4-6-11/h2-6,9H,7-8,10H2,1H3,(H,17,21). The summed E-state index contributed by atoms with van der Waals surface area (Å²) in [5.41, 5.74) is 1.81. The summed E-state index contributed by atoms with van der Waals surface area (Å²) < 4.78 is 5.08. The average Bonchev–Trinajstić information content (AvgIpc) is 3.24. The van der Waals surface area contributed by atoms with Crippen molar-refractivity contribution >= 4 is 29.0 Å². The molecule has 2 heterocycles. The van der Waals surface area contributed by atoms with Gasteiger partial charge in [-0.2, -0.15) is 16.7 Å². The molecular formula is C16H16N4O2S2. The van der Waals surface area contributed by atoms with E-state index in [1.54, 1.807) is 11.8 Å². The van der Waals surface area contributed by atoms with Gasteiger partial charge in [-0.25, -0.2) is 4.98 Å². The molecule has 0 aliphatic rings. The number of carbonyl (C=O) groups is 1. The van der Waals surface area contributed by atoms with Crippen molar-refractivity contribution < 1.29 is 9.32 Å². The highest BCUT2D eigenvalue weighted by atomic mass is 32.2. The van der Waals surface area contributed by atoms with Gasteiger partial charge in [-0.3, -0.25) is 4.79 Å². The van der Waals surface area contributed by atoms with E-state index in [1.807, 2.05) is 42.0 Å². The molecule has 1 amide bonds. The molecule has 0 unspecified atom stereocenters. The first-order valence-electron chi connectivity index (χ1n) is 7.31. The van der Waals surface area contributed by atoms with E-state index >= 15 is 0 Å². The van der Waals surface area contributed by atoms with Crippen LogP contribution in [-0.4, -0.2) is 27.3 Å². The molecule has 2 aromatic heterocycles. The molecule has 0 saturated heterocycles. The molecule has 8 heteroatoms. The molecule has 0 saturated carbocycles. The van der Waals surface area contributed by atoms with Crippen molar-refractivity contribution in [2.45, 2.75) is 18.7 Å². The van der Waals surface area contributed by atoms with Crippen LogP contribution in [0.4, 0.5) is 0 Å². The quantitative estimate of drug-likeness (QED) is 0.698. The second-order valence-corrected chi connectivity index (χ2v) is 6.73. The largest absolute Gasteiger partial charge is 0.347 e. The third-order valence-electron chi connectivity index (χ3n) is 3.13. The molecule has 0 aliphatic carbocycles. The minimum atomic E-state index is -0.121. The molecule has 24 heavy (non-hydrogen) atoms. The average molecular weight is 360 g/mol. The number of carbonyl (C=O) groups excluding carboxylic acids is 1. The first kappa shape index (κ1) is 16.7. The number of thiazole rings is 1. The van der Waals surface area contributed by atoms with Gasteiger partial charge in [0.15, 0.2) is 5.82 Å². The molecular weight excluding hydrogens is 344 g/mol. The van der Waals surface area contributed by atoms with Gasteiger partial charge in [-0.05, 0) is 6.26 Å². The molecule has 0 atom stereocenters. The molecule has 0 aliphatic heterocycles. The fraction of sp³-hybridized carbons (Fsp3) is 0.250. The third-order valence-corrected chi connectivity index (χ3v) is 4.62. The van der Waals surface area contributed by atoms with Crippen LogP contribution < -0.4 is 5.32 Å². The lowest BCUT2D eigenvalue weighted by molar-refractivity contribution is -0.120. The lowest BCUT2D eigenvalue weighted by Gasteiger charge is -2.00. The number of nitrogens with one attached hydrogen (secondary N) is 1. The van der Waals surface area contributed by atoms with Crippen LogP contribution in [-0.2, 0) is 23.5 Å². The molecule has 0 spiro atoms. The summed E-state index contributed by atoms with van der Waals surface area (Å²) in [6.45, 7) is 0.232. The number of hydrogen-bond acceptors (Lipinski definition) is 7. The van der Waals surface area contributed by atoms with Gasteiger partial charge in [0.2, 0.25) is 11.8 Å². The molecule has 124 valence electrons. The summed E-state index contributed by atoms with van der Waals surface area (Å²) in [6.07, 6.45) is 2.20. The summed E-state index contributed by atoms with van der Waals surface area (Å²) >= 11 is 3.15. The first-order chi connectivity index (χ1) is 11.7. The van der Waals surface area contributed by atoms with Crippen molar-refractivity contribution in [2.24, 2.45) is 0 Å². The minimum Gasteiger partial charge on any atom is -0.347 e. The van der Waals surface area contributed by atoms with Gasteiger partial charge < -0.3 is 9.84 Å². The summed E-state index contributed by atoms with van der Waals surface area (Å²) in [5.74, 6) is 1.62. The Kier molecular flexibility index (Phi) is 5.60. The molecule has 0 bridgehead atoms. The number of benzene rings is 1. The highest BCUT2D eigenvalue weighted by Gasteiger charge is 2.11. The van der Waals surface area contributed by atoms with E-state index in [0.717, 1.165) is 16.3 Å². The maximum atomic E-state index is 12.0. The number of hydrogen-bond donors (Lipinski definition) is 1. The van der Waals surface area contributed by atoms with E-state index < -0.39 is 0 Å². The van der Waals surface area contributed by atoms with Crippen molar-refractivity contribution in [1.82, 2.24) is 20.4 Å². The fourth-order valence-corrected chi connectivity index (χ4v) is 3.25. The van der Waals surface area contributed by atoms with Crippen LogP contribution in [0.15, 0.2) is 40.2 Å². The normalized spacial score (nSPS) is 10.7. The summed E-state index contributed by atoms with van der Waals surface area (Å²) in [4.78, 5) is 20.7. The van der Waals surface area contributed by atoms with Crippen LogP contribution >= 0.6 is 23.1 Å². The third kappa shape index (κ3) is 4.42. The Labute approximate surface area is 147 Å². The van der Waals surface area contributed by atoms with Gasteiger partial charge in [0, 0.05) is 10.9 Å². The zero-order valence-electron chi connectivity index (χ0n) is 13.1. The number of aromatic nitrogens is 3. The summed E-state index contributed by atoms with van der Waals surface area (Å²) in [6, 6.07) is 9.92. The molecule has 1 aromatic carbocycles. The van der Waals surface area contributed by atoms with Gasteiger partial charge >= 0.3 is 0 Å². The Bertz CT molecular complexity index is 801. The first-order valence-corrected chi connectivity index (χ1v) is 9.59. The highest BCUT2D eigenvalue weighted by Crippen LogP contribution is 2.23. The van der Waals surface area contributed by atoms with Crippen molar-refractivity contribution in [3.05, 3.63) is 53.1 Å². The molecule has 6 nitrogen and oxygen atoms in total. The number of rotatable bonds is 7. The lowest BCUT2D eigenvalue weighted by Crippen LogP contribution is -2.24. The van der Waals surface area contributed by atoms with Crippen LogP contribution in [0.1, 0.15) is 17.4 Å². The van der Waals surface area contributed by atoms with Crippen molar-refractivity contribution in [3.63, 3.8) is 0 Å². The van der Waals surface area contributed by atoms with Crippen LogP contribution in [0.25, 0.3) is 10.6 Å². The number of amides is 1. The highest BCUT2D eigenvalue weighted by molar-refractivity contribution is 7.97. The van der Waals surface area contributed by atoms with E-state index in [-0.39, 0.29) is 18.9 Å². The topological polar surface area (TPSA) is 80.9 Å². The summed E-state index contributed by atoms with van der Waals surface area (Å²) in [5, 5.41) is 9.43. The van der Waals surface area contributed by atoms with Crippen LogP contribution in [0.5, 0.6) is 0 Å². The van der Waals surface area contributed by atoms with E-state index in [2.05, 4.69) is 20.4 Å². The van der Waals surface area contributed by atoms with Crippen LogP contribution in [0, 0.1) is 0 Å². The van der Waals surface area contributed by atoms with E-state index in [0.29, 0.717) is 17.5 Å². The van der Waals surface area contributed by atoms with Gasteiger partial charge in [-0.15, -0.1) is 11.3 Å². The fourth-order valence-electron chi connectivity index (χ4n) is 2.05. The van der Waals surface area contributed by atoms with Gasteiger partial charge in [0.1, 0.15) is 5.01 Å². The SMILES string of the molecule is CSCc1noc(CNC(=O)Cc2csc(-c3ccccc3)n2)n1. The van der Waals surface area contributed by atoms with E-state index in [4.69, 9.17) is 4.52 Å². The van der Waals surface area contributed by atoms with Gasteiger partial charge in [-0.1, -0.05) is 35.5 Å². The second-order valence-electron chi connectivity index (χ2n) is 5.00. The molecule has 0 radical (unpaired) electrons. The lowest BCUT2D eigenvalue weighted by atomic mass is 10.2. The second kappa shape index (κ2) is 8.07. The van der Waals surface area contributed by atoms with Crippen LogP contribution in [0.2, 0.25) is 0 Å². The van der Waals surface area contributed by atoms with Crippen molar-refractivity contribution in [2.75, 3.05) is 6.26 Å². The Morgan fingerprint density at radius 1 is 1.29 bits per heavy atom.